The lowest BCUT2D eigenvalue weighted by Crippen LogP contribution is -2.43. The number of phosphoric acid groups is 1. The van der Waals surface area contributed by atoms with Gasteiger partial charge in [0.2, 0.25) is 5.91 Å². The van der Waals surface area contributed by atoms with Crippen LogP contribution in [0.4, 0.5) is 0 Å². The fraction of sp³-hybridized carbons (Fsp3) is 0.685. The lowest BCUT2D eigenvalue weighted by Gasteiger charge is -2.18. The SMILES string of the molecule is CC/C=C\C/C=C\C/C=C\C/C=C\C/C=C\CCCCCCCCCC(=O)OCC(O)COP(=O)(O)OCC(NC(=O)CCCCCCCCCCC/C=C\C/C=C\CCCCC)C(=O)O. The number of phosphoric ester groups is 1. The van der Waals surface area contributed by atoms with Gasteiger partial charge >= 0.3 is 19.8 Å². The summed E-state index contributed by atoms with van der Waals surface area (Å²) in [5.41, 5.74) is 0. The van der Waals surface area contributed by atoms with Crippen LogP contribution >= 0.6 is 7.82 Å². The number of ether oxygens (including phenoxy) is 1. The molecule has 0 bridgehead atoms. The summed E-state index contributed by atoms with van der Waals surface area (Å²) in [6, 6.07) is -1.56. The van der Waals surface area contributed by atoms with E-state index >= 15 is 0 Å². The van der Waals surface area contributed by atoms with Gasteiger partial charge in [0, 0.05) is 12.8 Å². The van der Waals surface area contributed by atoms with E-state index in [0.717, 1.165) is 103 Å². The van der Waals surface area contributed by atoms with Crippen molar-refractivity contribution in [1.29, 1.82) is 0 Å². The van der Waals surface area contributed by atoms with Gasteiger partial charge in [-0.2, -0.15) is 0 Å². The molecule has 4 N–H and O–H groups in total. The monoisotopic (exact) mass is 946 g/mol. The van der Waals surface area contributed by atoms with Gasteiger partial charge in [0.1, 0.15) is 12.7 Å². The van der Waals surface area contributed by atoms with Crippen LogP contribution < -0.4 is 5.32 Å². The number of carbonyl (C=O) groups is 3. The molecule has 0 radical (unpaired) electrons. The average molecular weight is 946 g/mol. The van der Waals surface area contributed by atoms with Gasteiger partial charge in [-0.05, 0) is 89.9 Å². The van der Waals surface area contributed by atoms with E-state index in [1.54, 1.807) is 0 Å². The second-order valence-corrected chi connectivity index (χ2v) is 18.4. The van der Waals surface area contributed by atoms with Crippen molar-refractivity contribution in [3.63, 3.8) is 0 Å². The second-order valence-electron chi connectivity index (χ2n) is 17.0. The van der Waals surface area contributed by atoms with Gasteiger partial charge in [0.25, 0.3) is 0 Å². The average Bonchev–Trinajstić information content (AvgIpc) is 3.29. The lowest BCUT2D eigenvalue weighted by atomic mass is 10.1. The first-order valence-corrected chi connectivity index (χ1v) is 27.1. The molecule has 0 saturated heterocycles. The van der Waals surface area contributed by atoms with E-state index < -0.39 is 57.6 Å². The third-order valence-corrected chi connectivity index (χ3v) is 11.6. The van der Waals surface area contributed by atoms with Crippen molar-refractivity contribution in [2.45, 2.75) is 219 Å². The summed E-state index contributed by atoms with van der Waals surface area (Å²) < 4.78 is 26.9. The smallest absolute Gasteiger partial charge is 0.472 e. The Morgan fingerprint density at radius 3 is 1.32 bits per heavy atom. The van der Waals surface area contributed by atoms with Gasteiger partial charge in [-0.1, -0.05) is 189 Å². The minimum absolute atomic E-state index is 0.137. The molecular formula is C54H92NO10P. The van der Waals surface area contributed by atoms with Crippen LogP contribution in [0.5, 0.6) is 0 Å². The second kappa shape index (κ2) is 48.1. The number of esters is 1. The molecule has 0 aliphatic heterocycles. The summed E-state index contributed by atoms with van der Waals surface area (Å²) in [7, 11) is -4.77. The van der Waals surface area contributed by atoms with Crippen LogP contribution in [0.15, 0.2) is 85.1 Å². The van der Waals surface area contributed by atoms with Crippen LogP contribution in [0.2, 0.25) is 0 Å². The Hall–Kier alpha value is -3.34. The molecule has 66 heavy (non-hydrogen) atoms. The number of amides is 1. The highest BCUT2D eigenvalue weighted by Gasteiger charge is 2.28. The number of unbranched alkanes of at least 4 members (excludes halogenated alkanes) is 19. The highest BCUT2D eigenvalue weighted by molar-refractivity contribution is 7.47. The molecule has 12 heteroatoms. The molecule has 11 nitrogen and oxygen atoms in total. The van der Waals surface area contributed by atoms with Crippen molar-refractivity contribution in [3.05, 3.63) is 85.1 Å². The molecule has 0 aromatic carbocycles. The van der Waals surface area contributed by atoms with Gasteiger partial charge in [0.15, 0.2) is 6.04 Å². The molecule has 0 saturated carbocycles. The Morgan fingerprint density at radius 1 is 0.500 bits per heavy atom. The van der Waals surface area contributed by atoms with E-state index in [1.165, 1.54) is 64.2 Å². The molecule has 0 aromatic rings. The molecule has 1 amide bonds. The van der Waals surface area contributed by atoms with Gasteiger partial charge in [-0.25, -0.2) is 9.36 Å². The number of carboxylic acid groups (broad SMARTS) is 1. The van der Waals surface area contributed by atoms with Crippen molar-refractivity contribution in [3.8, 4) is 0 Å². The van der Waals surface area contributed by atoms with E-state index in [4.69, 9.17) is 13.8 Å². The standard InChI is InChI=1S/C54H92NO10P/c1-3-5-7-9-11-13-15-17-19-21-23-24-25-26-28-30-32-34-36-38-40-42-44-46-53(58)63-47-50(56)48-64-66(61,62)65-49-51(54(59)60)55-52(57)45-43-41-39-37-35-33-31-29-27-22-20-18-16-14-12-10-8-6-4-2/h5,7,11-14,17-20,23-24,26,28,50-51,56H,3-4,6,8-10,15-16,21-22,25,27,29-49H2,1-2H3,(H,55,57)(H,59,60)(H,61,62)/b7-5-,13-11-,14-12-,19-17-,20-18-,24-23-,28-26-. The first-order valence-electron chi connectivity index (χ1n) is 25.6. The number of nitrogens with one attached hydrogen (secondary N) is 1. The maximum atomic E-state index is 12.4. The summed E-state index contributed by atoms with van der Waals surface area (Å²) in [5, 5.41) is 21.9. The van der Waals surface area contributed by atoms with E-state index in [2.05, 4.69) is 104 Å². The first kappa shape index (κ1) is 62.7. The largest absolute Gasteiger partial charge is 0.480 e. The molecule has 0 aliphatic rings. The van der Waals surface area contributed by atoms with Crippen LogP contribution in [0, 0.1) is 0 Å². The predicted molar refractivity (Wildman–Crippen MR) is 272 cm³/mol. The third kappa shape index (κ3) is 47.2. The molecule has 378 valence electrons. The van der Waals surface area contributed by atoms with Gasteiger partial charge < -0.3 is 25.2 Å². The maximum absolute atomic E-state index is 12.4. The lowest BCUT2D eigenvalue weighted by molar-refractivity contribution is -0.147. The number of allylic oxidation sites excluding steroid dienone is 14. The molecule has 0 spiro atoms. The van der Waals surface area contributed by atoms with Gasteiger partial charge in [-0.15, -0.1) is 0 Å². The van der Waals surface area contributed by atoms with Gasteiger partial charge in [-0.3, -0.25) is 18.6 Å². The summed E-state index contributed by atoms with van der Waals surface area (Å²) >= 11 is 0. The highest BCUT2D eigenvalue weighted by atomic mass is 31.2. The molecule has 0 aromatic heterocycles. The predicted octanol–water partition coefficient (Wildman–Crippen LogP) is 14.2. The number of aliphatic carboxylic acids is 1. The minimum atomic E-state index is -4.77. The Bertz CT molecular complexity index is 1440. The third-order valence-electron chi connectivity index (χ3n) is 10.7. The molecule has 0 fully saturated rings. The molecular weight excluding hydrogens is 854 g/mol. The van der Waals surface area contributed by atoms with Crippen LogP contribution in [0.25, 0.3) is 0 Å². The Labute approximate surface area is 401 Å². The number of hydrogen-bond acceptors (Lipinski definition) is 8. The zero-order valence-corrected chi connectivity index (χ0v) is 42.1. The Kier molecular flexibility index (Phi) is 45.7. The molecule has 0 aliphatic carbocycles. The summed E-state index contributed by atoms with van der Waals surface area (Å²) in [5.74, 6) is -2.39. The normalized spacial score (nSPS) is 14.2. The quantitative estimate of drug-likeness (QED) is 0.0199. The molecule has 3 atom stereocenters. The zero-order chi connectivity index (χ0) is 48.4. The summed E-state index contributed by atoms with van der Waals surface area (Å²) in [4.78, 5) is 46.1. The summed E-state index contributed by atoms with van der Waals surface area (Å²) in [6.07, 6.45) is 60.2. The topological polar surface area (TPSA) is 169 Å². The highest BCUT2D eigenvalue weighted by Crippen LogP contribution is 2.43. The van der Waals surface area contributed by atoms with Crippen molar-refractivity contribution in [2.75, 3.05) is 19.8 Å². The minimum Gasteiger partial charge on any atom is -0.480 e. The fourth-order valence-corrected chi connectivity index (χ4v) is 7.50. The fourth-order valence-electron chi connectivity index (χ4n) is 6.72. The maximum Gasteiger partial charge on any atom is 0.472 e. The molecule has 0 heterocycles. The number of carboxylic acids is 1. The van der Waals surface area contributed by atoms with Crippen LogP contribution in [-0.2, 0) is 32.7 Å². The molecule has 0 rings (SSSR count). The van der Waals surface area contributed by atoms with Crippen molar-refractivity contribution < 1.29 is 47.8 Å². The number of aliphatic hydroxyl groups is 1. The van der Waals surface area contributed by atoms with Crippen molar-refractivity contribution in [2.24, 2.45) is 0 Å². The zero-order valence-electron chi connectivity index (χ0n) is 41.2. The van der Waals surface area contributed by atoms with Crippen LogP contribution in [0.1, 0.15) is 206 Å². The summed E-state index contributed by atoms with van der Waals surface area (Å²) in [6.45, 7) is 2.45. The Balaban J connectivity index is 3.87. The van der Waals surface area contributed by atoms with E-state index in [-0.39, 0.29) is 12.8 Å². The van der Waals surface area contributed by atoms with E-state index in [1.807, 2.05) is 0 Å². The Morgan fingerprint density at radius 2 is 0.879 bits per heavy atom. The number of hydrogen-bond donors (Lipinski definition) is 4. The van der Waals surface area contributed by atoms with Gasteiger partial charge in [0.05, 0.1) is 13.2 Å². The van der Waals surface area contributed by atoms with Crippen LogP contribution in [-0.4, -0.2) is 64.9 Å². The van der Waals surface area contributed by atoms with E-state index in [0.29, 0.717) is 12.8 Å². The first-order chi connectivity index (χ1) is 32.1. The van der Waals surface area contributed by atoms with Crippen LogP contribution in [0.3, 0.4) is 0 Å². The molecule has 3 unspecified atom stereocenters. The van der Waals surface area contributed by atoms with Crippen molar-refractivity contribution >= 4 is 25.7 Å². The number of carbonyl (C=O) groups excluding carboxylic acids is 2. The number of rotatable bonds is 47. The number of aliphatic hydroxyl groups excluding tert-OH is 1. The van der Waals surface area contributed by atoms with E-state index in [9.17, 15) is 34.1 Å². The van der Waals surface area contributed by atoms with Crippen molar-refractivity contribution in [1.82, 2.24) is 5.32 Å².